The molecule has 0 spiro atoms. The molecule has 0 bridgehead atoms. The number of furan rings is 2. The second kappa shape index (κ2) is 13.1. The Labute approximate surface area is 358 Å². The summed E-state index contributed by atoms with van der Waals surface area (Å²) in [5, 5.41) is 9.21. The molecule has 10 aromatic carbocycles. The van der Waals surface area contributed by atoms with Crippen molar-refractivity contribution in [3.8, 4) is 33.4 Å². The van der Waals surface area contributed by atoms with Gasteiger partial charge in [0.15, 0.2) is 5.58 Å². The van der Waals surface area contributed by atoms with Gasteiger partial charge in [0.05, 0.1) is 5.69 Å². The first-order valence-corrected chi connectivity index (χ1v) is 21.4. The summed E-state index contributed by atoms with van der Waals surface area (Å²) in [4.78, 5) is 2.38. The third-order valence-corrected chi connectivity index (χ3v) is 13.4. The first kappa shape index (κ1) is 34.9. The van der Waals surface area contributed by atoms with Gasteiger partial charge in [-0.05, 0) is 103 Å². The molecule has 1 aliphatic carbocycles. The third kappa shape index (κ3) is 5.06. The summed E-state index contributed by atoms with van der Waals surface area (Å²) in [5.41, 5.74) is 16.1. The number of nitrogens with zero attached hydrogens (tertiary/aromatic N) is 1. The van der Waals surface area contributed by atoms with Crippen LogP contribution in [0.4, 0.5) is 17.1 Å². The Balaban J connectivity index is 1.04. The normalized spacial score (nSPS) is 13.1. The van der Waals surface area contributed by atoms with E-state index in [4.69, 9.17) is 8.83 Å². The molecule has 0 saturated heterocycles. The highest BCUT2D eigenvalue weighted by Crippen LogP contribution is 2.52. The van der Waals surface area contributed by atoms with Gasteiger partial charge in [0.2, 0.25) is 0 Å². The molecule has 3 nitrogen and oxygen atoms in total. The van der Waals surface area contributed by atoms with Gasteiger partial charge in [-0.2, -0.15) is 0 Å². The minimum atomic E-state index is -0.164. The summed E-state index contributed by atoms with van der Waals surface area (Å²) in [5.74, 6) is 0. The molecule has 0 saturated carbocycles. The van der Waals surface area contributed by atoms with Crippen molar-refractivity contribution in [2.75, 3.05) is 4.90 Å². The van der Waals surface area contributed by atoms with Gasteiger partial charge >= 0.3 is 0 Å². The van der Waals surface area contributed by atoms with E-state index in [-0.39, 0.29) is 5.41 Å². The topological polar surface area (TPSA) is 29.5 Å². The highest BCUT2D eigenvalue weighted by atomic mass is 16.3. The van der Waals surface area contributed by atoms with Gasteiger partial charge in [-0.25, -0.2) is 0 Å². The van der Waals surface area contributed by atoms with Gasteiger partial charge in [0.25, 0.3) is 0 Å². The van der Waals surface area contributed by atoms with Crippen molar-refractivity contribution in [2.45, 2.75) is 19.3 Å². The Kier molecular flexibility index (Phi) is 7.36. The largest absolute Gasteiger partial charge is 0.455 e. The average Bonchev–Trinajstić information content (AvgIpc) is 3.96. The summed E-state index contributed by atoms with van der Waals surface area (Å²) in [6.07, 6.45) is 0. The number of fused-ring (bicyclic) bond motifs is 11. The Bertz CT molecular complexity index is 3790. The lowest BCUT2D eigenvalue weighted by Crippen LogP contribution is -2.16. The number of hydrogen-bond acceptors (Lipinski definition) is 3. The molecule has 0 radical (unpaired) electrons. The number of para-hydroxylation sites is 3. The van der Waals surface area contributed by atoms with E-state index in [1.807, 2.05) is 12.1 Å². The zero-order chi connectivity index (χ0) is 41.1. The molecule has 1 aliphatic rings. The van der Waals surface area contributed by atoms with E-state index >= 15 is 0 Å². The Hall–Kier alpha value is -7.88. The van der Waals surface area contributed by atoms with Gasteiger partial charge < -0.3 is 13.7 Å². The highest BCUT2D eigenvalue weighted by molar-refractivity contribution is 6.20. The number of anilines is 3. The Morgan fingerprint density at radius 2 is 1.02 bits per heavy atom. The Morgan fingerprint density at radius 3 is 1.89 bits per heavy atom. The summed E-state index contributed by atoms with van der Waals surface area (Å²) in [7, 11) is 0. The molecule has 292 valence electrons. The minimum Gasteiger partial charge on any atom is -0.455 e. The van der Waals surface area contributed by atoms with E-state index in [9.17, 15) is 0 Å². The lowest BCUT2D eigenvalue weighted by molar-refractivity contribution is 0.660. The smallest absolute Gasteiger partial charge is 0.159 e. The zero-order valence-electron chi connectivity index (χ0n) is 34.3. The molecule has 0 atom stereocenters. The monoisotopic (exact) mass is 793 g/mol. The van der Waals surface area contributed by atoms with Crippen molar-refractivity contribution >= 4 is 82.5 Å². The van der Waals surface area contributed by atoms with E-state index in [2.05, 4.69) is 207 Å². The molecular formula is C59H39NO2. The van der Waals surface area contributed by atoms with Gasteiger partial charge in [-0.1, -0.05) is 166 Å². The molecule has 0 amide bonds. The second-order valence-corrected chi connectivity index (χ2v) is 17.2. The molecular weight excluding hydrogens is 755 g/mol. The van der Waals surface area contributed by atoms with Gasteiger partial charge in [0, 0.05) is 49.5 Å². The Morgan fingerprint density at radius 1 is 0.371 bits per heavy atom. The predicted molar refractivity (Wildman–Crippen MR) is 259 cm³/mol. The predicted octanol–water partition coefficient (Wildman–Crippen LogP) is 16.9. The van der Waals surface area contributed by atoms with Gasteiger partial charge in [0.1, 0.15) is 16.7 Å². The lowest BCUT2D eigenvalue weighted by Gasteiger charge is -2.28. The van der Waals surface area contributed by atoms with Crippen LogP contribution in [0.3, 0.4) is 0 Å². The molecule has 2 heterocycles. The standard InChI is InChI=1S/C59H39NO2/c1-59(2)51-22-9-7-17-45(51)46-32-31-42(35-52(46)59)60(41-29-27-37(28-30-41)44-19-11-20-48-47-18-8-10-24-54(47)61-56(44)48)53-23-12-21-49-50-34-39-15-5-6-16-43(39)55(58(50)62-57(49)53)40-26-25-36-13-3-4-14-38(36)33-40/h3-35H,1-2H3. The number of benzene rings is 10. The van der Waals surface area contributed by atoms with E-state index in [0.29, 0.717) is 0 Å². The van der Waals surface area contributed by atoms with Crippen LogP contribution in [0, 0.1) is 0 Å². The van der Waals surface area contributed by atoms with E-state index < -0.39 is 0 Å². The van der Waals surface area contributed by atoms with Crippen LogP contribution in [0.15, 0.2) is 209 Å². The fraction of sp³-hybridized carbons (Fsp3) is 0.0508. The van der Waals surface area contributed by atoms with Crippen LogP contribution in [0.2, 0.25) is 0 Å². The van der Waals surface area contributed by atoms with Crippen LogP contribution in [0.5, 0.6) is 0 Å². The van der Waals surface area contributed by atoms with Crippen molar-refractivity contribution in [1.29, 1.82) is 0 Å². The van der Waals surface area contributed by atoms with Crippen molar-refractivity contribution in [3.63, 3.8) is 0 Å². The average molecular weight is 794 g/mol. The quantitative estimate of drug-likeness (QED) is 0.174. The molecule has 0 N–H and O–H groups in total. The molecule has 0 fully saturated rings. The number of hydrogen-bond donors (Lipinski definition) is 0. The minimum absolute atomic E-state index is 0.164. The fourth-order valence-electron chi connectivity index (χ4n) is 10.4. The van der Waals surface area contributed by atoms with Gasteiger partial charge in [-0.3, -0.25) is 0 Å². The van der Waals surface area contributed by atoms with Crippen LogP contribution in [-0.2, 0) is 5.41 Å². The zero-order valence-corrected chi connectivity index (χ0v) is 34.3. The van der Waals surface area contributed by atoms with Crippen molar-refractivity contribution in [3.05, 3.63) is 211 Å². The third-order valence-electron chi connectivity index (χ3n) is 13.4. The van der Waals surface area contributed by atoms with Crippen LogP contribution in [0.25, 0.3) is 98.8 Å². The summed E-state index contributed by atoms with van der Waals surface area (Å²) in [6, 6.07) is 72.4. The fourth-order valence-corrected chi connectivity index (χ4v) is 10.4. The molecule has 0 aliphatic heterocycles. The number of rotatable bonds is 5. The summed E-state index contributed by atoms with van der Waals surface area (Å²) >= 11 is 0. The van der Waals surface area contributed by atoms with Gasteiger partial charge in [-0.15, -0.1) is 0 Å². The second-order valence-electron chi connectivity index (χ2n) is 17.2. The van der Waals surface area contributed by atoms with Crippen LogP contribution >= 0.6 is 0 Å². The molecule has 0 unspecified atom stereocenters. The molecule has 2 aromatic heterocycles. The first-order valence-electron chi connectivity index (χ1n) is 21.4. The summed E-state index contributed by atoms with van der Waals surface area (Å²) in [6.45, 7) is 4.69. The van der Waals surface area contributed by atoms with Crippen LogP contribution in [-0.4, -0.2) is 0 Å². The summed E-state index contributed by atoms with van der Waals surface area (Å²) < 4.78 is 13.8. The van der Waals surface area contributed by atoms with E-state index in [1.165, 1.54) is 43.8 Å². The maximum absolute atomic E-state index is 7.31. The molecule has 12 aromatic rings. The maximum Gasteiger partial charge on any atom is 0.159 e. The van der Waals surface area contributed by atoms with Crippen LogP contribution in [0.1, 0.15) is 25.0 Å². The maximum atomic E-state index is 7.31. The lowest BCUT2D eigenvalue weighted by atomic mass is 9.82. The molecule has 62 heavy (non-hydrogen) atoms. The first-order chi connectivity index (χ1) is 30.5. The van der Waals surface area contributed by atoms with E-state index in [0.717, 1.165) is 83.2 Å². The van der Waals surface area contributed by atoms with Crippen LogP contribution < -0.4 is 4.90 Å². The van der Waals surface area contributed by atoms with Crippen molar-refractivity contribution < 1.29 is 8.83 Å². The van der Waals surface area contributed by atoms with E-state index in [1.54, 1.807) is 0 Å². The molecule has 3 heteroatoms. The highest BCUT2D eigenvalue weighted by Gasteiger charge is 2.36. The molecule has 13 rings (SSSR count). The van der Waals surface area contributed by atoms with Crippen molar-refractivity contribution in [2.24, 2.45) is 0 Å². The SMILES string of the molecule is CC1(C)c2ccccc2-c2ccc(N(c3ccc(-c4cccc5c4oc4ccccc45)cc3)c3cccc4c3oc3c(-c5ccc6ccccc6c5)c5ccccc5cc34)cc21. The van der Waals surface area contributed by atoms with Crippen molar-refractivity contribution in [1.82, 2.24) is 0 Å².